The molecule has 1 aliphatic heterocycles. The van der Waals surface area contributed by atoms with Crippen molar-refractivity contribution < 1.29 is 24.5 Å². The van der Waals surface area contributed by atoms with Gasteiger partial charge in [-0.3, -0.25) is 14.6 Å². The Hall–Kier alpha value is -3.07. The first-order valence-electron chi connectivity index (χ1n) is 10.7. The quantitative estimate of drug-likeness (QED) is 0.520. The molecule has 2 aromatic carbocycles. The Kier molecular flexibility index (Phi) is 6.88. The maximum Gasteiger partial charge on any atom is 0.335 e. The summed E-state index contributed by atoms with van der Waals surface area (Å²) in [4.78, 5) is 27.8. The second-order valence-corrected chi connectivity index (χ2v) is 8.59. The first-order chi connectivity index (χ1) is 15.8. The number of aromatic carboxylic acids is 1. The van der Waals surface area contributed by atoms with E-state index in [9.17, 15) is 19.8 Å². The van der Waals surface area contributed by atoms with E-state index < -0.39 is 18.0 Å². The molecule has 1 aliphatic rings. The van der Waals surface area contributed by atoms with Crippen molar-refractivity contribution in [2.75, 3.05) is 39.3 Å². The molecule has 1 atom stereocenters. The number of aliphatic carboxylic acids is 1. The van der Waals surface area contributed by atoms with Gasteiger partial charge in [-0.05, 0) is 36.4 Å². The van der Waals surface area contributed by atoms with E-state index in [1.807, 2.05) is 17.0 Å². The fourth-order valence-electron chi connectivity index (χ4n) is 4.32. The molecule has 0 amide bonds. The standard InChI is InChI=1S/C24H26ClN3O5/c1-26-15-20(19-7-2-16(23(29)30)14-21(19)26)22(24(31)32)28-10-8-27(9-11-28)12-13-33-18-5-3-17(25)4-6-18/h2-7,14-15,22H,8-13H2,1H3,(H,29,30)(H,31,32). The van der Waals surface area contributed by atoms with Crippen LogP contribution in [0.3, 0.4) is 0 Å². The van der Waals surface area contributed by atoms with Gasteiger partial charge < -0.3 is 19.5 Å². The van der Waals surface area contributed by atoms with Crippen molar-refractivity contribution in [1.82, 2.24) is 14.4 Å². The number of hydrogen-bond acceptors (Lipinski definition) is 5. The van der Waals surface area contributed by atoms with Crippen LogP contribution in [-0.4, -0.2) is 75.8 Å². The number of aryl methyl sites for hydroxylation is 1. The third-order valence-electron chi connectivity index (χ3n) is 6.06. The van der Waals surface area contributed by atoms with Gasteiger partial charge in [0.05, 0.1) is 5.56 Å². The van der Waals surface area contributed by atoms with Crippen LogP contribution in [0, 0.1) is 0 Å². The second-order valence-electron chi connectivity index (χ2n) is 8.15. The lowest BCUT2D eigenvalue weighted by Gasteiger charge is -2.37. The highest BCUT2D eigenvalue weighted by atomic mass is 35.5. The first-order valence-corrected chi connectivity index (χ1v) is 11.1. The fraction of sp³-hybridized carbons (Fsp3) is 0.333. The third-order valence-corrected chi connectivity index (χ3v) is 6.31. The van der Waals surface area contributed by atoms with Gasteiger partial charge in [0, 0.05) is 67.5 Å². The summed E-state index contributed by atoms with van der Waals surface area (Å²) in [6.07, 6.45) is 1.79. The number of carboxylic acids is 2. The van der Waals surface area contributed by atoms with Crippen LogP contribution in [0.2, 0.25) is 5.02 Å². The summed E-state index contributed by atoms with van der Waals surface area (Å²) in [5.74, 6) is -1.15. The first kappa shape index (κ1) is 23.1. The van der Waals surface area contributed by atoms with Crippen molar-refractivity contribution in [2.24, 2.45) is 7.05 Å². The molecule has 0 bridgehead atoms. The maximum absolute atomic E-state index is 12.3. The number of halogens is 1. The van der Waals surface area contributed by atoms with Crippen molar-refractivity contribution in [3.05, 3.63) is 64.8 Å². The van der Waals surface area contributed by atoms with Gasteiger partial charge in [-0.15, -0.1) is 0 Å². The average molecular weight is 472 g/mol. The predicted molar refractivity (Wildman–Crippen MR) is 125 cm³/mol. The minimum Gasteiger partial charge on any atom is -0.492 e. The van der Waals surface area contributed by atoms with E-state index in [0.29, 0.717) is 35.8 Å². The van der Waals surface area contributed by atoms with Gasteiger partial charge in [0.2, 0.25) is 0 Å². The van der Waals surface area contributed by atoms with Crippen LogP contribution in [0.1, 0.15) is 22.0 Å². The van der Waals surface area contributed by atoms with Gasteiger partial charge in [-0.25, -0.2) is 4.79 Å². The van der Waals surface area contributed by atoms with E-state index in [1.165, 1.54) is 6.07 Å². The minimum atomic E-state index is -1.01. The van der Waals surface area contributed by atoms with E-state index in [1.54, 1.807) is 42.1 Å². The number of fused-ring (bicyclic) bond motifs is 1. The molecule has 0 saturated carbocycles. The van der Waals surface area contributed by atoms with Gasteiger partial charge in [0.25, 0.3) is 0 Å². The van der Waals surface area contributed by atoms with Crippen LogP contribution in [0.15, 0.2) is 48.7 Å². The summed E-state index contributed by atoms with van der Waals surface area (Å²) in [5, 5.41) is 20.8. The summed E-state index contributed by atoms with van der Waals surface area (Å²) in [7, 11) is 1.80. The lowest BCUT2D eigenvalue weighted by molar-refractivity contribution is -0.144. The monoisotopic (exact) mass is 471 g/mol. The Labute approximate surface area is 196 Å². The molecule has 2 N–H and O–H groups in total. The average Bonchev–Trinajstić information content (AvgIpc) is 3.11. The Morgan fingerprint density at radius 2 is 1.76 bits per heavy atom. The highest BCUT2D eigenvalue weighted by molar-refractivity contribution is 6.30. The zero-order valence-electron chi connectivity index (χ0n) is 18.3. The van der Waals surface area contributed by atoms with Gasteiger partial charge >= 0.3 is 11.9 Å². The normalized spacial score (nSPS) is 16.1. The van der Waals surface area contributed by atoms with E-state index in [2.05, 4.69) is 4.90 Å². The number of carbonyl (C=O) groups is 2. The Morgan fingerprint density at radius 3 is 2.39 bits per heavy atom. The molecule has 3 aromatic rings. The van der Waals surface area contributed by atoms with Crippen LogP contribution >= 0.6 is 11.6 Å². The molecule has 0 aliphatic carbocycles. The number of piperazine rings is 1. The molecule has 0 radical (unpaired) electrons. The Morgan fingerprint density at radius 1 is 1.06 bits per heavy atom. The van der Waals surface area contributed by atoms with E-state index in [0.717, 1.165) is 30.8 Å². The summed E-state index contributed by atoms with van der Waals surface area (Å²) in [6, 6.07) is 11.3. The van der Waals surface area contributed by atoms with Gasteiger partial charge in [0.1, 0.15) is 18.4 Å². The predicted octanol–water partition coefficient (Wildman–Crippen LogP) is 3.35. The zero-order valence-corrected chi connectivity index (χ0v) is 19.0. The number of carboxylic acid groups (broad SMARTS) is 2. The lowest BCUT2D eigenvalue weighted by atomic mass is 10.0. The number of hydrogen-bond donors (Lipinski definition) is 2. The van der Waals surface area contributed by atoms with Gasteiger partial charge in [-0.1, -0.05) is 17.7 Å². The van der Waals surface area contributed by atoms with E-state index >= 15 is 0 Å². The van der Waals surface area contributed by atoms with E-state index in [-0.39, 0.29) is 5.56 Å². The number of aromatic nitrogens is 1. The summed E-state index contributed by atoms with van der Waals surface area (Å²) in [5.41, 5.74) is 1.56. The molecule has 1 fully saturated rings. The molecule has 2 heterocycles. The molecule has 9 heteroatoms. The number of rotatable bonds is 8. The number of nitrogens with zero attached hydrogens (tertiary/aromatic N) is 3. The molecule has 0 spiro atoms. The van der Waals surface area contributed by atoms with Gasteiger partial charge in [0.15, 0.2) is 0 Å². The topological polar surface area (TPSA) is 95.2 Å². The molecular weight excluding hydrogens is 446 g/mol. The molecule has 4 rings (SSSR count). The summed E-state index contributed by atoms with van der Waals surface area (Å²) < 4.78 is 7.56. The van der Waals surface area contributed by atoms with Crippen molar-refractivity contribution in [1.29, 1.82) is 0 Å². The lowest BCUT2D eigenvalue weighted by Crippen LogP contribution is -2.50. The molecule has 1 saturated heterocycles. The fourth-order valence-corrected chi connectivity index (χ4v) is 4.45. The molecule has 8 nitrogen and oxygen atoms in total. The van der Waals surface area contributed by atoms with Crippen LogP contribution in [0.5, 0.6) is 5.75 Å². The molecular formula is C24H26ClN3O5. The highest BCUT2D eigenvalue weighted by Crippen LogP contribution is 2.31. The van der Waals surface area contributed by atoms with E-state index in [4.69, 9.17) is 16.3 Å². The molecule has 174 valence electrons. The van der Waals surface area contributed by atoms with Crippen LogP contribution in [0.25, 0.3) is 10.9 Å². The zero-order chi connectivity index (χ0) is 23.5. The van der Waals surface area contributed by atoms with Crippen molar-refractivity contribution in [3.8, 4) is 5.75 Å². The van der Waals surface area contributed by atoms with Crippen molar-refractivity contribution in [3.63, 3.8) is 0 Å². The minimum absolute atomic E-state index is 0.177. The second kappa shape index (κ2) is 9.82. The highest BCUT2D eigenvalue weighted by Gasteiger charge is 2.32. The molecule has 33 heavy (non-hydrogen) atoms. The summed E-state index contributed by atoms with van der Waals surface area (Å²) in [6.45, 7) is 3.99. The van der Waals surface area contributed by atoms with Gasteiger partial charge in [-0.2, -0.15) is 0 Å². The van der Waals surface area contributed by atoms with Crippen LogP contribution in [-0.2, 0) is 11.8 Å². The third kappa shape index (κ3) is 5.13. The van der Waals surface area contributed by atoms with Crippen molar-refractivity contribution in [2.45, 2.75) is 6.04 Å². The Bertz CT molecular complexity index is 1150. The molecule has 1 unspecified atom stereocenters. The smallest absolute Gasteiger partial charge is 0.335 e. The number of benzene rings is 2. The maximum atomic E-state index is 12.3. The van der Waals surface area contributed by atoms with Crippen LogP contribution in [0.4, 0.5) is 0 Å². The van der Waals surface area contributed by atoms with Crippen molar-refractivity contribution >= 4 is 34.4 Å². The van der Waals surface area contributed by atoms with Crippen LogP contribution < -0.4 is 4.74 Å². The largest absolute Gasteiger partial charge is 0.492 e. The summed E-state index contributed by atoms with van der Waals surface area (Å²) >= 11 is 5.89. The Balaban J connectivity index is 1.41. The SMILES string of the molecule is Cn1cc(C(C(=O)O)N2CCN(CCOc3ccc(Cl)cc3)CC2)c2ccc(C(=O)O)cc21. The molecule has 1 aromatic heterocycles. The number of ether oxygens (including phenoxy) is 1.